The van der Waals surface area contributed by atoms with Gasteiger partial charge in [0.1, 0.15) is 17.2 Å². The van der Waals surface area contributed by atoms with Crippen molar-refractivity contribution in [3.05, 3.63) is 89.1 Å². The maximum absolute atomic E-state index is 13.4. The summed E-state index contributed by atoms with van der Waals surface area (Å²) >= 11 is 6.02. The van der Waals surface area contributed by atoms with E-state index in [4.69, 9.17) is 21.1 Å². The smallest absolute Gasteiger partial charge is 0.282 e. The van der Waals surface area contributed by atoms with E-state index in [-0.39, 0.29) is 11.3 Å². The Kier molecular flexibility index (Phi) is 5.64. The van der Waals surface area contributed by atoms with Crippen molar-refractivity contribution in [2.75, 3.05) is 24.4 Å². The highest BCUT2D eigenvalue weighted by molar-refractivity contribution is 6.46. The molecule has 0 atom stereocenters. The molecule has 1 aliphatic heterocycles. The van der Waals surface area contributed by atoms with Gasteiger partial charge in [-0.2, -0.15) is 0 Å². The summed E-state index contributed by atoms with van der Waals surface area (Å²) in [4.78, 5) is 28.0. The number of methoxy groups -OCH3 is 2. The van der Waals surface area contributed by atoms with E-state index in [1.807, 2.05) is 12.1 Å². The van der Waals surface area contributed by atoms with Crippen molar-refractivity contribution in [2.24, 2.45) is 0 Å². The Labute approximate surface area is 184 Å². The monoisotopic (exact) mass is 434 g/mol. The summed E-state index contributed by atoms with van der Waals surface area (Å²) < 4.78 is 10.6. The molecule has 156 valence electrons. The predicted octanol–water partition coefficient (Wildman–Crippen LogP) is 4.75. The van der Waals surface area contributed by atoms with E-state index < -0.39 is 11.8 Å². The van der Waals surface area contributed by atoms with Gasteiger partial charge in [-0.05, 0) is 54.1 Å². The minimum atomic E-state index is -0.467. The van der Waals surface area contributed by atoms with Crippen molar-refractivity contribution >= 4 is 40.4 Å². The van der Waals surface area contributed by atoms with Crippen LogP contribution in [0.15, 0.2) is 78.5 Å². The molecular formula is C24H19ClN2O4. The molecule has 0 fully saturated rings. The number of imide groups is 1. The van der Waals surface area contributed by atoms with E-state index in [1.165, 1.54) is 0 Å². The molecule has 0 saturated carbocycles. The molecule has 31 heavy (non-hydrogen) atoms. The molecule has 0 unspecified atom stereocenters. The average Bonchev–Trinajstić information content (AvgIpc) is 3.04. The average molecular weight is 435 g/mol. The summed E-state index contributed by atoms with van der Waals surface area (Å²) in [5.74, 6) is 0.274. The van der Waals surface area contributed by atoms with Crippen LogP contribution in [0.3, 0.4) is 0 Å². The van der Waals surface area contributed by atoms with Crippen LogP contribution in [-0.2, 0) is 9.59 Å². The van der Waals surface area contributed by atoms with Gasteiger partial charge in [0, 0.05) is 5.02 Å². The first kappa shape index (κ1) is 20.5. The third-order valence-electron chi connectivity index (χ3n) is 4.91. The fraction of sp³-hybridized carbons (Fsp3) is 0.0833. The fourth-order valence-electron chi connectivity index (χ4n) is 3.38. The van der Waals surface area contributed by atoms with Gasteiger partial charge < -0.3 is 14.8 Å². The molecule has 0 bridgehead atoms. The number of nitrogens with zero attached hydrogens (tertiary/aromatic N) is 1. The maximum Gasteiger partial charge on any atom is 0.282 e. The van der Waals surface area contributed by atoms with Crippen LogP contribution >= 0.6 is 11.6 Å². The molecule has 6 nitrogen and oxygen atoms in total. The number of benzene rings is 3. The number of nitrogens with one attached hydrogen (secondary N) is 1. The summed E-state index contributed by atoms with van der Waals surface area (Å²) in [6.07, 6.45) is 0. The lowest BCUT2D eigenvalue weighted by Gasteiger charge is -2.16. The number of amides is 2. The van der Waals surface area contributed by atoms with E-state index >= 15 is 0 Å². The van der Waals surface area contributed by atoms with Crippen LogP contribution in [-0.4, -0.2) is 26.0 Å². The van der Waals surface area contributed by atoms with E-state index in [0.717, 1.165) is 4.90 Å². The molecule has 4 rings (SSSR count). The minimum absolute atomic E-state index is 0.160. The lowest BCUT2D eigenvalue weighted by Crippen LogP contribution is -2.32. The quantitative estimate of drug-likeness (QED) is 0.567. The lowest BCUT2D eigenvalue weighted by molar-refractivity contribution is -0.120. The van der Waals surface area contributed by atoms with Crippen LogP contribution in [0.2, 0.25) is 5.02 Å². The molecule has 2 amide bonds. The zero-order chi connectivity index (χ0) is 22.0. The molecular weight excluding hydrogens is 416 g/mol. The third kappa shape index (κ3) is 3.85. The Morgan fingerprint density at radius 1 is 0.806 bits per heavy atom. The van der Waals surface area contributed by atoms with Gasteiger partial charge >= 0.3 is 0 Å². The first-order valence-electron chi connectivity index (χ1n) is 9.46. The number of carbonyl (C=O) groups excluding carboxylic acids is 2. The van der Waals surface area contributed by atoms with Gasteiger partial charge in [0.05, 0.1) is 31.2 Å². The summed E-state index contributed by atoms with van der Waals surface area (Å²) in [5, 5.41) is 3.65. The van der Waals surface area contributed by atoms with Crippen molar-refractivity contribution in [1.29, 1.82) is 0 Å². The summed E-state index contributed by atoms with van der Waals surface area (Å²) in [6.45, 7) is 0. The molecule has 3 aromatic carbocycles. The molecule has 1 N–H and O–H groups in total. The summed E-state index contributed by atoms with van der Waals surface area (Å²) in [6, 6.07) is 20.7. The van der Waals surface area contributed by atoms with Crippen molar-refractivity contribution in [3.8, 4) is 11.5 Å². The Morgan fingerprint density at radius 3 is 2.13 bits per heavy atom. The topological polar surface area (TPSA) is 67.9 Å². The number of rotatable bonds is 6. The van der Waals surface area contributed by atoms with Crippen molar-refractivity contribution in [2.45, 2.75) is 0 Å². The Morgan fingerprint density at radius 2 is 1.48 bits per heavy atom. The first-order chi connectivity index (χ1) is 15.0. The van der Waals surface area contributed by atoms with Crippen LogP contribution < -0.4 is 19.7 Å². The molecule has 1 aliphatic rings. The highest BCUT2D eigenvalue weighted by Gasteiger charge is 2.40. The molecule has 1 heterocycles. The minimum Gasteiger partial charge on any atom is -0.497 e. The SMILES string of the molecule is COc1ccc(N2C(=O)C(Nc3ccccc3OC)=C(c3ccc(Cl)cc3)C2=O)cc1. The first-order valence-corrected chi connectivity index (χ1v) is 9.84. The maximum atomic E-state index is 13.4. The van der Waals surface area contributed by atoms with Crippen LogP contribution in [0.25, 0.3) is 5.57 Å². The van der Waals surface area contributed by atoms with Gasteiger partial charge in [-0.15, -0.1) is 0 Å². The Hall–Kier alpha value is -3.77. The van der Waals surface area contributed by atoms with E-state index in [0.29, 0.717) is 33.5 Å². The molecule has 0 aliphatic carbocycles. The third-order valence-corrected chi connectivity index (χ3v) is 5.17. The number of ether oxygens (including phenoxy) is 2. The largest absolute Gasteiger partial charge is 0.497 e. The van der Waals surface area contributed by atoms with Crippen LogP contribution in [0.4, 0.5) is 11.4 Å². The van der Waals surface area contributed by atoms with Crippen LogP contribution in [0.1, 0.15) is 5.56 Å². The van der Waals surface area contributed by atoms with Gasteiger partial charge in [0.2, 0.25) is 0 Å². The molecule has 0 radical (unpaired) electrons. The van der Waals surface area contributed by atoms with E-state index in [1.54, 1.807) is 74.9 Å². The second-order valence-corrected chi connectivity index (χ2v) is 7.16. The predicted molar refractivity (Wildman–Crippen MR) is 120 cm³/mol. The van der Waals surface area contributed by atoms with E-state index in [2.05, 4.69) is 5.32 Å². The number of halogens is 1. The number of hydrogen-bond donors (Lipinski definition) is 1. The zero-order valence-corrected chi connectivity index (χ0v) is 17.6. The number of carbonyl (C=O) groups is 2. The van der Waals surface area contributed by atoms with Crippen LogP contribution in [0, 0.1) is 0 Å². The van der Waals surface area contributed by atoms with Gasteiger partial charge in [-0.1, -0.05) is 35.9 Å². The van der Waals surface area contributed by atoms with Gasteiger partial charge in [0.15, 0.2) is 0 Å². The molecule has 3 aromatic rings. The Balaban J connectivity index is 1.81. The molecule has 0 saturated heterocycles. The molecule has 7 heteroatoms. The summed E-state index contributed by atoms with van der Waals surface area (Å²) in [5.41, 5.74) is 2.01. The molecule has 0 aromatic heterocycles. The highest BCUT2D eigenvalue weighted by Crippen LogP contribution is 2.36. The van der Waals surface area contributed by atoms with Crippen LogP contribution in [0.5, 0.6) is 11.5 Å². The van der Waals surface area contributed by atoms with Crippen molar-refractivity contribution in [3.63, 3.8) is 0 Å². The normalized spacial score (nSPS) is 13.6. The van der Waals surface area contributed by atoms with Crippen molar-refractivity contribution in [1.82, 2.24) is 0 Å². The number of anilines is 2. The number of hydrogen-bond acceptors (Lipinski definition) is 5. The Bertz CT molecular complexity index is 1170. The second-order valence-electron chi connectivity index (χ2n) is 6.73. The van der Waals surface area contributed by atoms with E-state index in [9.17, 15) is 9.59 Å². The summed E-state index contributed by atoms with van der Waals surface area (Å²) in [7, 11) is 3.09. The van der Waals surface area contributed by atoms with Gasteiger partial charge in [0.25, 0.3) is 11.8 Å². The van der Waals surface area contributed by atoms with Gasteiger partial charge in [-0.3, -0.25) is 9.59 Å². The fourth-order valence-corrected chi connectivity index (χ4v) is 3.50. The second kappa shape index (κ2) is 8.53. The van der Waals surface area contributed by atoms with Crippen molar-refractivity contribution < 1.29 is 19.1 Å². The van der Waals surface area contributed by atoms with Gasteiger partial charge in [-0.25, -0.2) is 4.90 Å². The highest BCUT2D eigenvalue weighted by atomic mass is 35.5. The molecule has 0 spiro atoms. The standard InChI is InChI=1S/C24H19ClN2O4/c1-30-18-13-11-17(12-14-18)27-23(28)21(15-7-9-16(25)10-8-15)22(24(27)29)26-19-5-3-4-6-20(19)31-2/h3-14,26H,1-2H3. The zero-order valence-electron chi connectivity index (χ0n) is 16.9. The number of para-hydroxylation sites is 2. The lowest BCUT2D eigenvalue weighted by atomic mass is 10.0.